The zero-order valence-corrected chi connectivity index (χ0v) is 17.5. The number of ether oxygens (including phenoxy) is 3. The summed E-state index contributed by atoms with van der Waals surface area (Å²) in [6, 6.07) is 4.25. The fourth-order valence-electron chi connectivity index (χ4n) is 3.23. The van der Waals surface area contributed by atoms with Gasteiger partial charge in [-0.25, -0.2) is 14.8 Å². The highest BCUT2D eigenvalue weighted by molar-refractivity contribution is 6.32. The van der Waals surface area contributed by atoms with Gasteiger partial charge in [-0.2, -0.15) is 0 Å². The number of nitrogens with one attached hydrogen (secondary N) is 1. The third-order valence-electron chi connectivity index (χ3n) is 4.68. The highest BCUT2D eigenvalue weighted by Gasteiger charge is 2.32. The summed E-state index contributed by atoms with van der Waals surface area (Å²) in [5.41, 5.74) is 0.358. The molecule has 1 N–H and O–H groups in total. The Kier molecular flexibility index (Phi) is 7.29. The molecule has 9 nitrogen and oxygen atoms in total. The molecule has 10 heteroatoms. The summed E-state index contributed by atoms with van der Waals surface area (Å²) in [4.78, 5) is 35.2. The van der Waals surface area contributed by atoms with Crippen LogP contribution in [0.5, 0.6) is 11.5 Å². The van der Waals surface area contributed by atoms with Gasteiger partial charge in [0.25, 0.3) is 5.91 Å². The van der Waals surface area contributed by atoms with Crippen LogP contribution in [0.4, 0.5) is 11.6 Å². The molecule has 1 fully saturated rings. The average Bonchev–Trinajstić information content (AvgIpc) is 2.78. The van der Waals surface area contributed by atoms with Crippen LogP contribution in [0.25, 0.3) is 0 Å². The number of hydrogen-bond donors (Lipinski definition) is 1. The number of benzene rings is 1. The van der Waals surface area contributed by atoms with E-state index in [4.69, 9.17) is 25.8 Å². The van der Waals surface area contributed by atoms with Gasteiger partial charge in [-0.1, -0.05) is 11.6 Å². The molecule has 0 bridgehead atoms. The van der Waals surface area contributed by atoms with E-state index in [0.29, 0.717) is 41.1 Å². The van der Waals surface area contributed by atoms with Crippen molar-refractivity contribution in [2.24, 2.45) is 0 Å². The number of rotatable bonds is 7. The fraction of sp³-hybridized carbons (Fsp3) is 0.400. The van der Waals surface area contributed by atoms with Crippen molar-refractivity contribution in [2.45, 2.75) is 25.3 Å². The summed E-state index contributed by atoms with van der Waals surface area (Å²) < 4.78 is 15.7. The van der Waals surface area contributed by atoms with Crippen LogP contribution < -0.4 is 19.7 Å². The van der Waals surface area contributed by atoms with Crippen LogP contribution >= 0.6 is 11.6 Å². The van der Waals surface area contributed by atoms with Gasteiger partial charge in [0, 0.05) is 31.1 Å². The number of carbonyl (C=O) groups excluding carboxylic acids is 2. The van der Waals surface area contributed by atoms with Crippen molar-refractivity contribution in [3.8, 4) is 11.5 Å². The van der Waals surface area contributed by atoms with Crippen LogP contribution in [-0.4, -0.2) is 55.3 Å². The monoisotopic (exact) mass is 434 g/mol. The summed E-state index contributed by atoms with van der Waals surface area (Å²) in [7, 11) is 2.92. The third kappa shape index (κ3) is 5.10. The molecule has 1 unspecified atom stereocenters. The van der Waals surface area contributed by atoms with E-state index in [9.17, 15) is 9.59 Å². The van der Waals surface area contributed by atoms with E-state index in [1.165, 1.54) is 26.4 Å². The molecule has 0 aliphatic carbocycles. The van der Waals surface area contributed by atoms with Gasteiger partial charge in [0.2, 0.25) is 5.95 Å². The van der Waals surface area contributed by atoms with Crippen LogP contribution in [0.15, 0.2) is 30.6 Å². The Balaban J connectivity index is 1.62. The molecule has 1 aliphatic heterocycles. The normalized spacial score (nSPS) is 16.0. The topological polar surface area (TPSA) is 103 Å². The number of esters is 1. The number of piperidine rings is 1. The maximum absolute atomic E-state index is 12.6. The summed E-state index contributed by atoms with van der Waals surface area (Å²) in [6.07, 6.45) is 5.68. The maximum atomic E-state index is 12.6. The molecule has 1 aromatic carbocycles. The van der Waals surface area contributed by atoms with Crippen LogP contribution in [0.3, 0.4) is 0 Å². The molecule has 30 heavy (non-hydrogen) atoms. The van der Waals surface area contributed by atoms with Gasteiger partial charge in [-0.3, -0.25) is 4.79 Å². The average molecular weight is 435 g/mol. The SMILES string of the molecule is COc1cc(NC(=O)COC(=O)C2CCCCN2c2ncccn2)c(OC)cc1Cl. The van der Waals surface area contributed by atoms with Crippen molar-refractivity contribution in [1.82, 2.24) is 9.97 Å². The Hall–Kier alpha value is -3.07. The molecule has 0 spiro atoms. The van der Waals surface area contributed by atoms with E-state index in [-0.39, 0.29) is 0 Å². The minimum Gasteiger partial charge on any atom is -0.495 e. The van der Waals surface area contributed by atoms with Gasteiger partial charge in [-0.15, -0.1) is 0 Å². The van der Waals surface area contributed by atoms with E-state index >= 15 is 0 Å². The minimum absolute atomic E-state index is 0.347. The van der Waals surface area contributed by atoms with E-state index in [1.807, 2.05) is 4.90 Å². The van der Waals surface area contributed by atoms with Gasteiger partial charge in [0.1, 0.15) is 17.5 Å². The first kappa shape index (κ1) is 21.6. The molecule has 2 heterocycles. The van der Waals surface area contributed by atoms with E-state index < -0.39 is 24.5 Å². The number of methoxy groups -OCH3 is 2. The molecular weight excluding hydrogens is 412 g/mol. The van der Waals surface area contributed by atoms with E-state index in [1.54, 1.807) is 18.5 Å². The lowest BCUT2D eigenvalue weighted by atomic mass is 10.0. The van der Waals surface area contributed by atoms with E-state index in [0.717, 1.165) is 12.8 Å². The molecule has 0 radical (unpaired) electrons. The highest BCUT2D eigenvalue weighted by Crippen LogP contribution is 2.35. The number of halogens is 1. The number of hydrogen-bond acceptors (Lipinski definition) is 8. The Morgan fingerprint density at radius 1 is 1.17 bits per heavy atom. The molecule has 160 valence electrons. The Morgan fingerprint density at radius 3 is 2.60 bits per heavy atom. The van der Waals surface area contributed by atoms with Gasteiger partial charge in [0.15, 0.2) is 6.61 Å². The second-order valence-electron chi connectivity index (χ2n) is 6.60. The molecule has 0 saturated carbocycles. The largest absolute Gasteiger partial charge is 0.495 e. The summed E-state index contributed by atoms with van der Waals surface area (Å²) >= 11 is 6.07. The van der Waals surface area contributed by atoms with Crippen molar-refractivity contribution >= 4 is 35.1 Å². The third-order valence-corrected chi connectivity index (χ3v) is 4.97. The molecule has 1 saturated heterocycles. The second kappa shape index (κ2) is 10.1. The zero-order chi connectivity index (χ0) is 21.5. The summed E-state index contributed by atoms with van der Waals surface area (Å²) in [5, 5.41) is 2.99. The number of aromatic nitrogens is 2. The highest BCUT2D eigenvalue weighted by atomic mass is 35.5. The lowest BCUT2D eigenvalue weighted by Gasteiger charge is -2.33. The number of carbonyl (C=O) groups is 2. The van der Waals surface area contributed by atoms with Crippen LogP contribution in [0, 0.1) is 0 Å². The first-order valence-electron chi connectivity index (χ1n) is 9.45. The van der Waals surface area contributed by atoms with Crippen LogP contribution in [0.2, 0.25) is 5.02 Å². The number of amides is 1. The lowest BCUT2D eigenvalue weighted by Crippen LogP contribution is -2.47. The Labute approximate surface area is 179 Å². The first-order valence-corrected chi connectivity index (χ1v) is 9.83. The van der Waals surface area contributed by atoms with Gasteiger partial charge in [0.05, 0.1) is 24.9 Å². The number of nitrogens with zero attached hydrogens (tertiary/aromatic N) is 3. The second-order valence-corrected chi connectivity index (χ2v) is 7.00. The van der Waals surface area contributed by atoms with E-state index in [2.05, 4.69) is 15.3 Å². The summed E-state index contributed by atoms with van der Waals surface area (Å²) in [6.45, 7) is 0.213. The van der Waals surface area contributed by atoms with Gasteiger partial charge in [-0.05, 0) is 25.3 Å². The number of anilines is 2. The molecule has 1 aromatic heterocycles. The smallest absolute Gasteiger partial charge is 0.329 e. The van der Waals surface area contributed by atoms with Crippen molar-refractivity contribution in [1.29, 1.82) is 0 Å². The van der Waals surface area contributed by atoms with Crippen molar-refractivity contribution in [3.63, 3.8) is 0 Å². The van der Waals surface area contributed by atoms with Crippen LogP contribution in [0.1, 0.15) is 19.3 Å². The fourth-order valence-corrected chi connectivity index (χ4v) is 3.46. The summed E-state index contributed by atoms with van der Waals surface area (Å²) in [5.74, 6) is 0.217. The Bertz CT molecular complexity index is 896. The standard InChI is InChI=1S/C20H23ClN4O5/c1-28-16-11-14(17(29-2)10-13(16)21)24-18(26)12-30-19(27)15-6-3-4-9-25(15)20-22-7-5-8-23-20/h5,7-8,10-11,15H,3-4,6,9,12H2,1-2H3,(H,24,26). The van der Waals surface area contributed by atoms with Crippen molar-refractivity contribution in [2.75, 3.05) is 37.6 Å². The van der Waals surface area contributed by atoms with Crippen molar-refractivity contribution in [3.05, 3.63) is 35.6 Å². The maximum Gasteiger partial charge on any atom is 0.329 e. The Morgan fingerprint density at radius 2 is 1.90 bits per heavy atom. The predicted molar refractivity (Wildman–Crippen MR) is 111 cm³/mol. The zero-order valence-electron chi connectivity index (χ0n) is 16.8. The molecule has 1 amide bonds. The van der Waals surface area contributed by atoms with Gasteiger partial charge < -0.3 is 24.4 Å². The van der Waals surface area contributed by atoms with Gasteiger partial charge >= 0.3 is 5.97 Å². The lowest BCUT2D eigenvalue weighted by molar-refractivity contribution is -0.149. The molecule has 1 aliphatic rings. The molecule has 1 atom stereocenters. The molecule has 2 aromatic rings. The minimum atomic E-state index is -0.529. The quantitative estimate of drug-likeness (QED) is 0.663. The molecule has 3 rings (SSSR count). The molecular formula is C20H23ClN4O5. The van der Waals surface area contributed by atoms with Crippen LogP contribution in [-0.2, 0) is 14.3 Å². The van der Waals surface area contributed by atoms with Crippen molar-refractivity contribution < 1.29 is 23.8 Å². The first-order chi connectivity index (χ1) is 14.5. The predicted octanol–water partition coefficient (Wildman–Crippen LogP) is 2.69.